The molecule has 0 nitrogen and oxygen atoms in total. The maximum Gasteiger partial charge on any atom is 0 e. The van der Waals surface area contributed by atoms with Crippen LogP contribution in [0, 0.1) is 0 Å². The van der Waals surface area contributed by atoms with E-state index in [1.54, 1.807) is 0 Å². The second-order valence-corrected chi connectivity index (χ2v) is 0. The number of hydrogen-bond acceptors (Lipinski definition) is 0. The average molecular weight is 296 g/mol. The smallest absolute Gasteiger partial charge is 0 e. The third kappa shape index (κ3) is 8.85. The van der Waals surface area contributed by atoms with Gasteiger partial charge in [0.15, 0.2) is 0 Å². The van der Waals surface area contributed by atoms with Gasteiger partial charge in [0.1, 0.15) is 0 Å². The van der Waals surface area contributed by atoms with Crippen LogP contribution in [0.4, 0.5) is 0 Å². The molecule has 0 spiro atoms. The normalized spacial score (nSPS) is 0.750. The van der Waals surface area contributed by atoms with E-state index in [0.717, 1.165) is 0 Å². The van der Waals surface area contributed by atoms with Crippen molar-refractivity contribution in [1.29, 1.82) is 0 Å². The van der Waals surface area contributed by atoms with Crippen LogP contribution in [0.5, 0.6) is 0 Å². The van der Waals surface area contributed by atoms with E-state index in [9.17, 15) is 0 Å². The first-order chi connectivity index (χ1) is 1.00. The Bertz CT molecular complexity index is 6.00. The zero-order valence-electron chi connectivity index (χ0n) is 2.32. The first-order valence-electron chi connectivity index (χ1n) is 0.289. The fourth-order valence-electron chi connectivity index (χ4n) is 0. The fourth-order valence-corrected chi connectivity index (χ4v) is 0. The molecule has 0 heterocycles. The van der Waals surface area contributed by atoms with Crippen LogP contribution < -0.4 is 0 Å². The maximum atomic E-state index is 2.75. The van der Waals surface area contributed by atoms with Crippen LogP contribution >= 0.6 is 0 Å². The summed E-state index contributed by atoms with van der Waals surface area (Å²) in [5, 5.41) is 0. The van der Waals surface area contributed by atoms with E-state index in [2.05, 4.69) is 13.1 Å². The van der Waals surface area contributed by atoms with E-state index in [4.69, 9.17) is 0 Å². The Morgan fingerprint density at radius 1 is 1.25 bits per heavy atom. The largest absolute Gasteiger partial charge is 0 e. The zero-order chi connectivity index (χ0) is 2.00. The Hall–Kier alpha value is 2.30. The Morgan fingerprint density at radius 3 is 1.25 bits per heavy atom. The second-order valence-electron chi connectivity index (χ2n) is 0. The molecule has 0 bridgehead atoms. The topological polar surface area (TPSA) is 0 Å². The second kappa shape index (κ2) is 18.5. The van der Waals surface area contributed by atoms with Gasteiger partial charge in [-0.2, -0.15) is 0 Å². The van der Waals surface area contributed by atoms with Crippen molar-refractivity contribution in [3.63, 3.8) is 0 Å². The standard InChI is InChI=1S/Ga.H2Se.Se.Zn.H/h;1H2;;;. The van der Waals surface area contributed by atoms with Crippen molar-refractivity contribution < 1.29 is 19.5 Å². The van der Waals surface area contributed by atoms with Gasteiger partial charge < -0.3 is 0 Å². The molecule has 0 aliphatic rings. The Kier molecular flexibility index (Phi) is 75.3. The first kappa shape index (κ1) is 16.3. The van der Waals surface area contributed by atoms with Gasteiger partial charge >= 0.3 is 46.2 Å². The summed E-state index contributed by atoms with van der Waals surface area (Å²) in [5.41, 5.74) is 0. The minimum atomic E-state index is 0. The number of rotatable bonds is 0. The van der Waals surface area contributed by atoms with Gasteiger partial charge in [0.2, 0.25) is 0 Å². The molecule has 0 N–H and O–H groups in total. The Balaban J connectivity index is -0.00000000500. The summed E-state index contributed by atoms with van der Waals surface area (Å²) in [7, 11) is 0. The molecule has 0 unspecified atom stereocenters. The molecule has 0 atom stereocenters. The number of hydrogen-bond donors (Lipinski definition) is 0. The third-order valence-corrected chi connectivity index (χ3v) is 0. The first-order valence-corrected chi connectivity index (χ1v) is 7.79. The SMILES string of the molecule is [GaH]=[Se].[SeH2].[Zn]. The van der Waals surface area contributed by atoms with Crippen molar-refractivity contribution >= 4 is 46.2 Å². The van der Waals surface area contributed by atoms with Crippen LogP contribution in [0.2, 0.25) is 0 Å². The maximum absolute atomic E-state index is 2.75. The van der Waals surface area contributed by atoms with Crippen LogP contribution in [0.25, 0.3) is 0 Å². The van der Waals surface area contributed by atoms with E-state index >= 15 is 0 Å². The molecule has 4 heavy (non-hydrogen) atoms. The van der Waals surface area contributed by atoms with Crippen LogP contribution in [0.15, 0.2) is 0 Å². The fraction of sp³-hybridized carbons (Fsp3) is 0. The van der Waals surface area contributed by atoms with E-state index in [0.29, 0.717) is 0 Å². The quantitative estimate of drug-likeness (QED) is 0.456. The monoisotopic (exact) mass is 296 g/mol. The van der Waals surface area contributed by atoms with Gasteiger partial charge in [-0.15, -0.1) is 0 Å². The third-order valence-electron chi connectivity index (χ3n) is 0. The molecule has 4 heteroatoms. The molecule has 0 aromatic heterocycles. The summed E-state index contributed by atoms with van der Waals surface area (Å²) in [4.78, 5) is 0. The van der Waals surface area contributed by atoms with Crippen molar-refractivity contribution in [2.45, 2.75) is 0 Å². The summed E-state index contributed by atoms with van der Waals surface area (Å²) in [6.45, 7) is 0. The summed E-state index contributed by atoms with van der Waals surface area (Å²) in [6, 6.07) is 0. The molecule has 0 rings (SSSR count). The van der Waals surface area contributed by atoms with Gasteiger partial charge in [-0.3, -0.25) is 0 Å². The van der Waals surface area contributed by atoms with Crippen molar-refractivity contribution in [3.05, 3.63) is 0 Å². The van der Waals surface area contributed by atoms with Crippen LogP contribution in [-0.4, -0.2) is 46.2 Å². The van der Waals surface area contributed by atoms with Crippen LogP contribution in [0.3, 0.4) is 0 Å². The molecule has 0 amide bonds. The molecule has 0 aliphatic carbocycles. The van der Waals surface area contributed by atoms with E-state index in [1.807, 2.05) is 0 Å². The Labute approximate surface area is 64.9 Å². The average Bonchev–Trinajstić information content (AvgIpc) is 1.00. The van der Waals surface area contributed by atoms with Gasteiger partial charge in [-0.25, -0.2) is 0 Å². The molecule has 0 saturated carbocycles. The molecular weight excluding hydrogens is 293 g/mol. The van der Waals surface area contributed by atoms with Gasteiger partial charge in [0.25, 0.3) is 0 Å². The van der Waals surface area contributed by atoms with Crippen molar-refractivity contribution in [2.75, 3.05) is 0 Å². The Morgan fingerprint density at radius 2 is 1.25 bits per heavy atom. The van der Waals surface area contributed by atoms with Gasteiger partial charge in [-0.1, -0.05) is 0 Å². The van der Waals surface area contributed by atoms with Crippen molar-refractivity contribution in [1.82, 2.24) is 0 Å². The molecule has 0 saturated heterocycles. The van der Waals surface area contributed by atoms with Crippen LogP contribution in [0.1, 0.15) is 0 Å². The van der Waals surface area contributed by atoms with Crippen molar-refractivity contribution in [3.8, 4) is 0 Å². The molecule has 0 aliphatic heterocycles. The minimum absolute atomic E-state index is 0. The van der Waals surface area contributed by atoms with Gasteiger partial charge in [0.05, 0.1) is 0 Å². The van der Waals surface area contributed by atoms with E-state index in [1.165, 1.54) is 16.0 Å². The van der Waals surface area contributed by atoms with E-state index in [-0.39, 0.29) is 36.5 Å². The van der Waals surface area contributed by atoms with Crippen LogP contribution in [-0.2, 0) is 19.5 Å². The molecular formula is H3GaSe2Zn. The summed E-state index contributed by atoms with van der Waals surface area (Å²) < 4.78 is 0. The zero-order valence-corrected chi connectivity index (χ0v) is 12.1. The van der Waals surface area contributed by atoms with Crippen molar-refractivity contribution in [2.24, 2.45) is 0 Å². The molecule has 0 aromatic rings. The van der Waals surface area contributed by atoms with Gasteiger partial charge in [0, 0.05) is 19.5 Å². The predicted octanol–water partition coefficient (Wildman–Crippen LogP) is -1.95. The molecule has 0 aromatic carbocycles. The van der Waals surface area contributed by atoms with E-state index < -0.39 is 0 Å². The summed E-state index contributed by atoms with van der Waals surface area (Å²) in [6.07, 6.45) is 0. The molecule has 0 fully saturated rings. The molecule has 20 valence electrons. The minimum Gasteiger partial charge on any atom is 0 e. The predicted molar refractivity (Wildman–Crippen MR) is 21.4 cm³/mol. The van der Waals surface area contributed by atoms with Gasteiger partial charge in [-0.05, 0) is 0 Å². The summed E-state index contributed by atoms with van der Waals surface area (Å²) >= 11 is 4.00. The summed E-state index contributed by atoms with van der Waals surface area (Å²) in [5.74, 6) is 0. The molecule has 0 radical (unpaired) electrons.